The number of carboxylic acid groups (broad SMARTS) is 1. The van der Waals surface area contributed by atoms with Gasteiger partial charge in [-0.1, -0.05) is 42.5 Å². The van der Waals surface area contributed by atoms with E-state index in [1.165, 1.54) is 0 Å². The highest BCUT2D eigenvalue weighted by Crippen LogP contribution is 2.28. The summed E-state index contributed by atoms with van der Waals surface area (Å²) in [7, 11) is 0. The van der Waals surface area contributed by atoms with Crippen LogP contribution in [0.4, 0.5) is 0 Å². The van der Waals surface area contributed by atoms with E-state index in [4.69, 9.17) is 15.6 Å². The minimum Gasteiger partial charge on any atom is -0.480 e. The first-order chi connectivity index (χ1) is 14.1. The van der Waals surface area contributed by atoms with Crippen LogP contribution in [0.1, 0.15) is 5.56 Å². The number of ether oxygens (including phenoxy) is 1. The molecule has 0 saturated carbocycles. The molecule has 3 N–H and O–H groups in total. The van der Waals surface area contributed by atoms with Gasteiger partial charge < -0.3 is 15.6 Å². The molecule has 29 heavy (non-hydrogen) atoms. The van der Waals surface area contributed by atoms with Crippen LogP contribution in [0.15, 0.2) is 79.0 Å². The van der Waals surface area contributed by atoms with E-state index in [1.807, 2.05) is 48.5 Å². The number of pyridine rings is 2. The third-order valence-corrected chi connectivity index (χ3v) is 4.56. The first-order valence-electron chi connectivity index (χ1n) is 9.16. The van der Waals surface area contributed by atoms with Crippen molar-refractivity contribution in [3.05, 3.63) is 84.6 Å². The standard InChI is InChI=1S/C23H19N3O3/c24-19(23(27)28)14-15-6-8-17(9-7-15)29-21-11-10-18-20(26-21)12-13-25-22(18)16-4-2-1-3-5-16/h1-13,19H,14,24H2,(H,27,28). The summed E-state index contributed by atoms with van der Waals surface area (Å²) in [4.78, 5) is 20.0. The van der Waals surface area contributed by atoms with Gasteiger partial charge in [0, 0.05) is 23.2 Å². The summed E-state index contributed by atoms with van der Waals surface area (Å²) < 4.78 is 5.86. The maximum atomic E-state index is 10.9. The normalized spacial score (nSPS) is 11.9. The van der Waals surface area contributed by atoms with Gasteiger partial charge in [-0.2, -0.15) is 0 Å². The van der Waals surface area contributed by atoms with E-state index in [-0.39, 0.29) is 6.42 Å². The lowest BCUT2D eigenvalue weighted by Crippen LogP contribution is -2.32. The van der Waals surface area contributed by atoms with Crippen molar-refractivity contribution >= 4 is 16.9 Å². The van der Waals surface area contributed by atoms with Crippen LogP contribution in [0.3, 0.4) is 0 Å². The zero-order valence-corrected chi connectivity index (χ0v) is 15.5. The van der Waals surface area contributed by atoms with E-state index >= 15 is 0 Å². The quantitative estimate of drug-likeness (QED) is 0.520. The zero-order chi connectivity index (χ0) is 20.2. The van der Waals surface area contributed by atoms with Gasteiger partial charge in [0.05, 0.1) is 11.2 Å². The Morgan fingerprint density at radius 1 is 1.00 bits per heavy atom. The molecule has 1 unspecified atom stereocenters. The summed E-state index contributed by atoms with van der Waals surface area (Å²) in [6, 6.07) is 21.8. The van der Waals surface area contributed by atoms with Gasteiger partial charge in [-0.25, -0.2) is 4.98 Å². The van der Waals surface area contributed by atoms with Crippen molar-refractivity contribution in [3.63, 3.8) is 0 Å². The molecule has 0 radical (unpaired) electrons. The molecule has 0 amide bonds. The summed E-state index contributed by atoms with van der Waals surface area (Å²) in [6.45, 7) is 0. The number of aliphatic carboxylic acids is 1. The van der Waals surface area contributed by atoms with Gasteiger partial charge in [0.15, 0.2) is 0 Å². The van der Waals surface area contributed by atoms with Crippen LogP contribution in [-0.2, 0) is 11.2 Å². The molecule has 2 aromatic heterocycles. The molecular formula is C23H19N3O3. The van der Waals surface area contributed by atoms with Crippen LogP contribution >= 0.6 is 0 Å². The number of fused-ring (bicyclic) bond motifs is 1. The molecule has 0 saturated heterocycles. The largest absolute Gasteiger partial charge is 0.480 e. The highest BCUT2D eigenvalue weighted by atomic mass is 16.5. The highest BCUT2D eigenvalue weighted by Gasteiger charge is 2.12. The highest BCUT2D eigenvalue weighted by molar-refractivity contribution is 5.92. The van der Waals surface area contributed by atoms with E-state index in [0.717, 1.165) is 27.7 Å². The van der Waals surface area contributed by atoms with Crippen LogP contribution in [0.25, 0.3) is 22.2 Å². The predicted molar refractivity (Wildman–Crippen MR) is 111 cm³/mol. The van der Waals surface area contributed by atoms with Crippen LogP contribution in [-0.4, -0.2) is 27.1 Å². The molecule has 1 atom stereocenters. The summed E-state index contributed by atoms with van der Waals surface area (Å²) in [5.74, 6) is 0.0644. The van der Waals surface area contributed by atoms with E-state index in [1.54, 1.807) is 30.5 Å². The summed E-state index contributed by atoms with van der Waals surface area (Å²) >= 11 is 0. The molecule has 4 rings (SSSR count). The minimum atomic E-state index is -1.02. The Morgan fingerprint density at radius 2 is 1.76 bits per heavy atom. The number of carbonyl (C=O) groups is 1. The smallest absolute Gasteiger partial charge is 0.320 e. The lowest BCUT2D eigenvalue weighted by Gasteiger charge is -2.10. The van der Waals surface area contributed by atoms with Gasteiger partial charge in [0.25, 0.3) is 0 Å². The molecule has 2 aromatic carbocycles. The Bertz CT molecular complexity index is 1150. The number of rotatable bonds is 6. The molecule has 0 fully saturated rings. The zero-order valence-electron chi connectivity index (χ0n) is 15.5. The number of aromatic nitrogens is 2. The first-order valence-corrected chi connectivity index (χ1v) is 9.16. The molecule has 2 heterocycles. The van der Waals surface area contributed by atoms with Crippen LogP contribution in [0.2, 0.25) is 0 Å². The van der Waals surface area contributed by atoms with Crippen LogP contribution < -0.4 is 10.5 Å². The fourth-order valence-electron chi connectivity index (χ4n) is 3.07. The molecule has 0 aliphatic carbocycles. The lowest BCUT2D eigenvalue weighted by molar-refractivity contribution is -0.138. The Kier molecular flexibility index (Phi) is 5.18. The molecule has 6 heteroatoms. The lowest BCUT2D eigenvalue weighted by atomic mass is 10.1. The molecular weight excluding hydrogens is 366 g/mol. The number of benzene rings is 2. The maximum Gasteiger partial charge on any atom is 0.320 e. The first kappa shape index (κ1) is 18.6. The van der Waals surface area contributed by atoms with Crippen molar-refractivity contribution in [1.29, 1.82) is 0 Å². The van der Waals surface area contributed by atoms with Crippen LogP contribution in [0.5, 0.6) is 11.6 Å². The SMILES string of the molecule is NC(Cc1ccc(Oc2ccc3c(-c4ccccc4)nccc3n2)cc1)C(=O)O. The second-order valence-electron chi connectivity index (χ2n) is 6.64. The van der Waals surface area contributed by atoms with Gasteiger partial charge in [0.1, 0.15) is 11.8 Å². The molecule has 0 spiro atoms. The second kappa shape index (κ2) is 8.08. The topological polar surface area (TPSA) is 98.3 Å². The van der Waals surface area contributed by atoms with Crippen molar-refractivity contribution in [2.75, 3.05) is 0 Å². The van der Waals surface area contributed by atoms with Gasteiger partial charge in [-0.3, -0.25) is 9.78 Å². The van der Waals surface area contributed by atoms with Gasteiger partial charge in [0.2, 0.25) is 5.88 Å². The molecule has 144 valence electrons. The maximum absolute atomic E-state index is 10.9. The van der Waals surface area contributed by atoms with Crippen LogP contribution in [0, 0.1) is 0 Å². The average Bonchev–Trinajstić information content (AvgIpc) is 2.75. The van der Waals surface area contributed by atoms with Gasteiger partial charge in [-0.15, -0.1) is 0 Å². The Hall–Kier alpha value is -3.77. The molecule has 4 aromatic rings. The fourth-order valence-corrected chi connectivity index (χ4v) is 3.07. The molecule has 0 aliphatic heterocycles. The molecule has 0 bridgehead atoms. The number of nitrogens with two attached hydrogens (primary N) is 1. The van der Waals surface area contributed by atoms with Gasteiger partial charge in [-0.05, 0) is 36.2 Å². The van der Waals surface area contributed by atoms with E-state index in [9.17, 15) is 4.79 Å². The monoisotopic (exact) mass is 385 g/mol. The Labute approximate surface area is 167 Å². The third kappa shape index (κ3) is 4.23. The molecule has 6 nitrogen and oxygen atoms in total. The number of hydrogen-bond acceptors (Lipinski definition) is 5. The Balaban J connectivity index is 1.55. The van der Waals surface area contributed by atoms with Gasteiger partial charge >= 0.3 is 5.97 Å². The van der Waals surface area contributed by atoms with Crippen molar-refractivity contribution in [2.45, 2.75) is 12.5 Å². The van der Waals surface area contributed by atoms with Crippen molar-refractivity contribution in [2.24, 2.45) is 5.73 Å². The number of nitrogens with zero attached hydrogens (tertiary/aromatic N) is 2. The van der Waals surface area contributed by atoms with E-state index in [2.05, 4.69) is 9.97 Å². The Morgan fingerprint density at radius 3 is 2.48 bits per heavy atom. The summed E-state index contributed by atoms with van der Waals surface area (Å²) in [5, 5.41) is 9.86. The number of carboxylic acids is 1. The van der Waals surface area contributed by atoms with E-state index < -0.39 is 12.0 Å². The second-order valence-corrected chi connectivity index (χ2v) is 6.64. The fraction of sp³-hybridized carbons (Fsp3) is 0.0870. The average molecular weight is 385 g/mol. The van der Waals surface area contributed by atoms with Crippen molar-refractivity contribution < 1.29 is 14.6 Å². The summed E-state index contributed by atoms with van der Waals surface area (Å²) in [6.07, 6.45) is 2.00. The predicted octanol–water partition coefficient (Wildman–Crippen LogP) is 4.04. The van der Waals surface area contributed by atoms with Crippen molar-refractivity contribution in [3.8, 4) is 22.9 Å². The third-order valence-electron chi connectivity index (χ3n) is 4.56. The van der Waals surface area contributed by atoms with Crippen molar-refractivity contribution in [1.82, 2.24) is 9.97 Å². The van der Waals surface area contributed by atoms with E-state index in [0.29, 0.717) is 11.6 Å². The minimum absolute atomic E-state index is 0.263. The molecule has 0 aliphatic rings. The number of hydrogen-bond donors (Lipinski definition) is 2. The summed E-state index contributed by atoms with van der Waals surface area (Å²) in [5.41, 5.74) is 9.10.